The van der Waals surface area contributed by atoms with Gasteiger partial charge in [-0.1, -0.05) is 36.5 Å². The van der Waals surface area contributed by atoms with Gasteiger partial charge in [-0.15, -0.1) is 11.8 Å². The molecule has 0 radical (unpaired) electrons. The fourth-order valence-corrected chi connectivity index (χ4v) is 4.94. The molecule has 8 nitrogen and oxygen atoms in total. The number of hydrogen-bond donors (Lipinski definition) is 2. The molecule has 0 saturated heterocycles. The van der Waals surface area contributed by atoms with Crippen LogP contribution in [-0.2, 0) is 0 Å². The SMILES string of the molecule is CC(O)C1([N+](=O)[O-])C=CC=CC1SC1C=CC=CC1(C(C)O)[N+](=O)[O-]. The first kappa shape index (κ1) is 19.4. The molecule has 6 unspecified atom stereocenters. The fraction of sp³-hybridized carbons (Fsp3) is 0.500. The monoisotopic (exact) mass is 368 g/mol. The first-order chi connectivity index (χ1) is 11.7. The van der Waals surface area contributed by atoms with Crippen LogP contribution in [0.2, 0.25) is 0 Å². The molecule has 0 heterocycles. The van der Waals surface area contributed by atoms with Gasteiger partial charge in [0.2, 0.25) is 0 Å². The minimum absolute atomic E-state index is 0.562. The third kappa shape index (κ3) is 3.03. The normalized spacial score (nSPS) is 36.2. The van der Waals surface area contributed by atoms with Crippen molar-refractivity contribution in [3.8, 4) is 0 Å². The minimum atomic E-state index is -1.80. The second-order valence-corrected chi connectivity index (χ2v) is 7.39. The molecular weight excluding hydrogens is 348 g/mol. The number of aliphatic hydroxyl groups excluding tert-OH is 2. The molecule has 0 fully saturated rings. The van der Waals surface area contributed by atoms with Crippen molar-refractivity contribution in [2.75, 3.05) is 0 Å². The van der Waals surface area contributed by atoms with Crippen molar-refractivity contribution in [2.45, 2.75) is 47.6 Å². The second-order valence-electron chi connectivity index (χ2n) is 6.11. The summed E-state index contributed by atoms with van der Waals surface area (Å²) in [4.78, 5) is 22.3. The van der Waals surface area contributed by atoms with E-state index in [1.54, 1.807) is 24.3 Å². The van der Waals surface area contributed by atoms with Crippen molar-refractivity contribution in [3.63, 3.8) is 0 Å². The third-order valence-electron chi connectivity index (χ3n) is 4.70. The van der Waals surface area contributed by atoms with Crippen LogP contribution in [-0.4, -0.2) is 53.8 Å². The molecule has 0 aromatic heterocycles. The van der Waals surface area contributed by atoms with E-state index >= 15 is 0 Å². The van der Waals surface area contributed by atoms with Gasteiger partial charge in [0.1, 0.15) is 22.7 Å². The zero-order valence-electron chi connectivity index (χ0n) is 13.8. The molecule has 0 spiro atoms. The van der Waals surface area contributed by atoms with Crippen LogP contribution in [0.3, 0.4) is 0 Å². The zero-order chi connectivity index (χ0) is 18.8. The summed E-state index contributed by atoms with van der Waals surface area (Å²) >= 11 is 0.989. The molecular formula is C16H20N2O6S. The molecule has 2 rings (SSSR count). The van der Waals surface area contributed by atoms with E-state index in [4.69, 9.17) is 0 Å². The lowest BCUT2D eigenvalue weighted by Crippen LogP contribution is -2.58. The van der Waals surface area contributed by atoms with Gasteiger partial charge in [-0.25, -0.2) is 0 Å². The average Bonchev–Trinajstić information content (AvgIpc) is 2.54. The van der Waals surface area contributed by atoms with Gasteiger partial charge in [-0.2, -0.15) is 0 Å². The number of nitrogens with zero attached hydrogens (tertiary/aromatic N) is 2. The molecule has 0 bridgehead atoms. The predicted molar refractivity (Wildman–Crippen MR) is 94.5 cm³/mol. The highest BCUT2D eigenvalue weighted by atomic mass is 32.2. The number of allylic oxidation sites excluding steroid dienone is 4. The summed E-state index contributed by atoms with van der Waals surface area (Å²) in [7, 11) is 0. The Kier molecular flexibility index (Phi) is 5.50. The van der Waals surface area contributed by atoms with Gasteiger partial charge in [-0.3, -0.25) is 20.2 Å². The molecule has 0 aliphatic heterocycles. The standard InChI is InChI=1S/C16H20N2O6S/c1-11(19)15(17(21)22)9-5-3-7-13(15)25-14-8-4-6-10-16(14,12(2)20)18(23)24/h3-14,19-20H,1-2H3. The summed E-state index contributed by atoms with van der Waals surface area (Å²) in [5.74, 6) is 0. The van der Waals surface area contributed by atoms with Crippen LogP contribution in [0.5, 0.6) is 0 Å². The highest BCUT2D eigenvalue weighted by Crippen LogP contribution is 2.43. The number of thioether (sulfide) groups is 1. The van der Waals surface area contributed by atoms with E-state index in [2.05, 4.69) is 0 Å². The van der Waals surface area contributed by atoms with Crippen molar-refractivity contribution in [1.82, 2.24) is 0 Å². The second kappa shape index (κ2) is 7.11. The van der Waals surface area contributed by atoms with Gasteiger partial charge in [-0.05, 0) is 26.0 Å². The predicted octanol–water partition coefficient (Wildman–Crippen LogP) is 1.50. The fourth-order valence-electron chi connectivity index (χ4n) is 3.10. The molecule has 0 saturated carbocycles. The van der Waals surface area contributed by atoms with E-state index in [1.165, 1.54) is 38.2 Å². The number of rotatable bonds is 6. The maximum absolute atomic E-state index is 11.7. The molecule has 2 aliphatic rings. The van der Waals surface area contributed by atoms with Crippen LogP contribution in [0.1, 0.15) is 13.8 Å². The number of aliphatic hydroxyl groups is 2. The van der Waals surface area contributed by atoms with Crippen molar-refractivity contribution in [1.29, 1.82) is 0 Å². The van der Waals surface area contributed by atoms with Crippen LogP contribution in [0, 0.1) is 20.2 Å². The number of nitro groups is 2. The van der Waals surface area contributed by atoms with Crippen LogP contribution in [0.25, 0.3) is 0 Å². The Morgan fingerprint density at radius 3 is 1.52 bits per heavy atom. The van der Waals surface area contributed by atoms with Crippen molar-refractivity contribution < 1.29 is 20.1 Å². The van der Waals surface area contributed by atoms with Crippen molar-refractivity contribution >= 4 is 11.8 Å². The quantitative estimate of drug-likeness (QED) is 0.537. The Morgan fingerprint density at radius 1 is 0.880 bits per heavy atom. The summed E-state index contributed by atoms with van der Waals surface area (Å²) in [5, 5.41) is 42.0. The van der Waals surface area contributed by atoms with E-state index in [0.29, 0.717) is 0 Å². The summed E-state index contributed by atoms with van der Waals surface area (Å²) in [6.07, 6.45) is 9.32. The highest BCUT2D eigenvalue weighted by molar-refractivity contribution is 8.01. The third-order valence-corrected chi connectivity index (χ3v) is 6.35. The molecule has 2 N–H and O–H groups in total. The van der Waals surface area contributed by atoms with Crippen molar-refractivity contribution in [2.24, 2.45) is 0 Å². The van der Waals surface area contributed by atoms with Crippen LogP contribution in [0.15, 0.2) is 48.6 Å². The summed E-state index contributed by atoms with van der Waals surface area (Å²) in [6, 6.07) is 0. The molecule has 6 atom stereocenters. The van der Waals surface area contributed by atoms with Gasteiger partial charge >= 0.3 is 0 Å². The Bertz CT molecular complexity index is 616. The molecule has 0 aromatic carbocycles. The van der Waals surface area contributed by atoms with Crippen LogP contribution >= 0.6 is 11.8 Å². The van der Waals surface area contributed by atoms with Crippen LogP contribution < -0.4 is 0 Å². The van der Waals surface area contributed by atoms with E-state index in [9.17, 15) is 30.4 Å². The van der Waals surface area contributed by atoms with E-state index in [1.807, 2.05) is 0 Å². The minimum Gasteiger partial charge on any atom is -0.385 e. The van der Waals surface area contributed by atoms with Gasteiger partial charge in [0.05, 0.1) is 0 Å². The lowest BCUT2D eigenvalue weighted by Gasteiger charge is -2.38. The largest absolute Gasteiger partial charge is 0.385 e. The first-order valence-electron chi connectivity index (χ1n) is 7.72. The molecule has 136 valence electrons. The van der Waals surface area contributed by atoms with Gasteiger partial charge in [0.15, 0.2) is 0 Å². The maximum Gasteiger partial charge on any atom is 0.280 e. The Hall–Kier alpha value is -1.97. The molecule has 0 aromatic rings. The van der Waals surface area contributed by atoms with E-state index in [0.717, 1.165) is 11.8 Å². The molecule has 25 heavy (non-hydrogen) atoms. The maximum atomic E-state index is 11.7. The highest BCUT2D eigenvalue weighted by Gasteiger charge is 2.58. The van der Waals surface area contributed by atoms with Gasteiger partial charge in [0, 0.05) is 9.85 Å². The zero-order valence-corrected chi connectivity index (χ0v) is 14.6. The van der Waals surface area contributed by atoms with E-state index < -0.39 is 43.6 Å². The molecule has 2 aliphatic carbocycles. The molecule has 0 amide bonds. The smallest absolute Gasteiger partial charge is 0.280 e. The summed E-state index contributed by atoms with van der Waals surface area (Å²) in [6.45, 7) is 2.65. The topological polar surface area (TPSA) is 127 Å². The first-order valence-corrected chi connectivity index (χ1v) is 8.66. The van der Waals surface area contributed by atoms with Gasteiger partial charge < -0.3 is 10.2 Å². The Morgan fingerprint density at radius 2 is 1.24 bits per heavy atom. The van der Waals surface area contributed by atoms with Crippen molar-refractivity contribution in [3.05, 3.63) is 68.8 Å². The average molecular weight is 368 g/mol. The van der Waals surface area contributed by atoms with Crippen LogP contribution in [0.4, 0.5) is 0 Å². The Balaban J connectivity index is 2.45. The summed E-state index contributed by atoms with van der Waals surface area (Å²) < 4.78 is 0. The lowest BCUT2D eigenvalue weighted by molar-refractivity contribution is -0.566. The van der Waals surface area contributed by atoms with E-state index in [-0.39, 0.29) is 0 Å². The lowest BCUT2D eigenvalue weighted by atomic mass is 9.86. The van der Waals surface area contributed by atoms with Gasteiger partial charge in [0.25, 0.3) is 11.1 Å². The molecule has 9 heteroatoms. The Labute approximate surface area is 148 Å². The number of hydrogen-bond acceptors (Lipinski definition) is 7. The summed E-state index contributed by atoms with van der Waals surface area (Å²) in [5.41, 5.74) is -3.59.